The number of H-pyrrole nitrogens is 1. The Morgan fingerprint density at radius 1 is 1.37 bits per heavy atom. The maximum atomic E-state index is 13.7. The molecular formula is C20H18FN5O. The average molecular weight is 363 g/mol. The van der Waals surface area contributed by atoms with Gasteiger partial charge in [0.05, 0.1) is 6.04 Å². The number of rotatable bonds is 3. The molecule has 3 aromatic rings. The molecule has 2 aromatic heterocycles. The van der Waals surface area contributed by atoms with E-state index >= 15 is 0 Å². The Balaban J connectivity index is 1.71. The molecule has 136 valence electrons. The lowest BCUT2D eigenvalue weighted by molar-refractivity contribution is -0.0373. The highest BCUT2D eigenvalue weighted by Gasteiger charge is 2.51. The Morgan fingerprint density at radius 3 is 2.85 bits per heavy atom. The lowest BCUT2D eigenvalue weighted by Crippen LogP contribution is -2.58. The van der Waals surface area contributed by atoms with E-state index in [1.165, 1.54) is 12.1 Å². The SMILES string of the molecule is CC1(C)CN(C(=O)c2ccc(C#N)[nH]2)C1c1nccn1-c1cccc(F)c1. The van der Waals surface area contributed by atoms with Gasteiger partial charge < -0.3 is 14.5 Å². The van der Waals surface area contributed by atoms with Crippen molar-refractivity contribution in [2.75, 3.05) is 6.54 Å². The number of aromatic nitrogens is 3. The van der Waals surface area contributed by atoms with Gasteiger partial charge in [0.15, 0.2) is 0 Å². The van der Waals surface area contributed by atoms with Crippen LogP contribution in [0.3, 0.4) is 0 Å². The van der Waals surface area contributed by atoms with Crippen molar-refractivity contribution < 1.29 is 9.18 Å². The fourth-order valence-corrected chi connectivity index (χ4v) is 3.71. The summed E-state index contributed by atoms with van der Waals surface area (Å²) in [5, 5.41) is 8.96. The second kappa shape index (κ2) is 6.09. The van der Waals surface area contributed by atoms with Gasteiger partial charge in [0.2, 0.25) is 0 Å². The molecule has 1 amide bonds. The first-order valence-electron chi connectivity index (χ1n) is 8.60. The molecule has 4 rings (SSSR count). The minimum absolute atomic E-state index is 0.184. The van der Waals surface area contributed by atoms with E-state index in [0.29, 0.717) is 29.4 Å². The molecular weight excluding hydrogens is 345 g/mol. The van der Waals surface area contributed by atoms with Gasteiger partial charge in [0, 0.05) is 30.0 Å². The lowest BCUT2D eigenvalue weighted by Gasteiger charge is -2.53. The molecule has 1 atom stereocenters. The quantitative estimate of drug-likeness (QED) is 0.774. The van der Waals surface area contributed by atoms with Crippen molar-refractivity contribution in [1.29, 1.82) is 5.26 Å². The van der Waals surface area contributed by atoms with Gasteiger partial charge in [-0.2, -0.15) is 5.26 Å². The fourth-order valence-electron chi connectivity index (χ4n) is 3.71. The van der Waals surface area contributed by atoms with Crippen LogP contribution in [0, 0.1) is 22.6 Å². The van der Waals surface area contributed by atoms with Gasteiger partial charge >= 0.3 is 0 Å². The van der Waals surface area contributed by atoms with Crippen molar-refractivity contribution in [3.8, 4) is 11.8 Å². The molecule has 1 aromatic carbocycles. The highest BCUT2D eigenvalue weighted by molar-refractivity contribution is 5.93. The largest absolute Gasteiger partial charge is 0.342 e. The van der Waals surface area contributed by atoms with E-state index in [1.54, 1.807) is 41.6 Å². The summed E-state index contributed by atoms with van der Waals surface area (Å²) in [5.74, 6) is 0.162. The van der Waals surface area contributed by atoms with Crippen LogP contribution in [0.1, 0.15) is 41.9 Å². The van der Waals surface area contributed by atoms with Gasteiger partial charge in [-0.3, -0.25) is 4.79 Å². The van der Waals surface area contributed by atoms with E-state index in [2.05, 4.69) is 23.8 Å². The Morgan fingerprint density at radius 2 is 2.19 bits per heavy atom. The van der Waals surface area contributed by atoms with Gasteiger partial charge in [-0.15, -0.1) is 0 Å². The van der Waals surface area contributed by atoms with Gasteiger partial charge in [-0.05, 0) is 30.3 Å². The molecule has 0 spiro atoms. The molecule has 1 saturated heterocycles. The van der Waals surface area contributed by atoms with E-state index in [4.69, 9.17) is 5.26 Å². The summed E-state index contributed by atoms with van der Waals surface area (Å²) in [5.41, 5.74) is 1.19. The molecule has 1 aliphatic rings. The molecule has 3 heterocycles. The minimum atomic E-state index is -0.330. The number of hydrogen-bond donors (Lipinski definition) is 1. The van der Waals surface area contributed by atoms with E-state index in [1.807, 2.05) is 10.6 Å². The summed E-state index contributed by atoms with van der Waals surface area (Å²) in [6.07, 6.45) is 3.42. The zero-order valence-electron chi connectivity index (χ0n) is 15.0. The van der Waals surface area contributed by atoms with Crippen LogP contribution >= 0.6 is 0 Å². The molecule has 1 fully saturated rings. The number of nitriles is 1. The second-order valence-electron chi connectivity index (χ2n) is 7.36. The van der Waals surface area contributed by atoms with Gasteiger partial charge in [0.25, 0.3) is 5.91 Å². The Kier molecular flexibility index (Phi) is 3.84. The average Bonchev–Trinajstić information content (AvgIpc) is 3.28. The van der Waals surface area contributed by atoms with E-state index in [9.17, 15) is 9.18 Å². The monoisotopic (exact) mass is 363 g/mol. The molecule has 7 heteroatoms. The zero-order chi connectivity index (χ0) is 19.2. The summed E-state index contributed by atoms with van der Waals surface area (Å²) in [4.78, 5) is 22.0. The third-order valence-corrected chi connectivity index (χ3v) is 4.93. The number of carbonyl (C=O) groups excluding carboxylic acids is 1. The van der Waals surface area contributed by atoms with Crippen LogP contribution in [0.15, 0.2) is 48.8 Å². The highest BCUT2D eigenvalue weighted by atomic mass is 19.1. The van der Waals surface area contributed by atoms with Gasteiger partial charge in [0.1, 0.15) is 29.1 Å². The van der Waals surface area contributed by atoms with Crippen molar-refractivity contribution in [3.05, 3.63) is 71.8 Å². The minimum Gasteiger partial charge on any atom is -0.342 e. The van der Waals surface area contributed by atoms with Crippen molar-refractivity contribution in [1.82, 2.24) is 19.4 Å². The molecule has 1 N–H and O–H groups in total. The Labute approximate surface area is 155 Å². The molecule has 27 heavy (non-hydrogen) atoms. The standard InChI is InChI=1S/C20H18FN5O/c1-20(2)12-26(19(27)16-7-6-14(11-22)24-16)17(20)18-23-8-9-25(18)15-5-3-4-13(21)10-15/h3-10,17,24H,12H2,1-2H3. The number of aromatic amines is 1. The highest BCUT2D eigenvalue weighted by Crippen LogP contribution is 2.48. The van der Waals surface area contributed by atoms with E-state index in [-0.39, 0.29) is 23.2 Å². The van der Waals surface area contributed by atoms with Crippen LogP contribution in [-0.4, -0.2) is 31.9 Å². The normalized spacial score (nSPS) is 18.0. The first-order chi connectivity index (χ1) is 12.9. The van der Waals surface area contributed by atoms with Crippen LogP contribution in [0.5, 0.6) is 0 Å². The maximum Gasteiger partial charge on any atom is 0.270 e. The zero-order valence-corrected chi connectivity index (χ0v) is 15.0. The third kappa shape index (κ3) is 2.79. The summed E-state index contributed by atoms with van der Waals surface area (Å²) < 4.78 is 15.5. The fraction of sp³-hybridized carbons (Fsp3) is 0.250. The maximum absolute atomic E-state index is 13.7. The molecule has 0 aliphatic carbocycles. The molecule has 6 nitrogen and oxygen atoms in total. The van der Waals surface area contributed by atoms with E-state index < -0.39 is 0 Å². The number of hydrogen-bond acceptors (Lipinski definition) is 3. The first kappa shape index (κ1) is 17.0. The van der Waals surface area contributed by atoms with Crippen molar-refractivity contribution in [2.24, 2.45) is 5.41 Å². The number of amides is 1. The lowest BCUT2D eigenvalue weighted by atomic mass is 9.74. The predicted molar refractivity (Wildman–Crippen MR) is 96.6 cm³/mol. The molecule has 1 aliphatic heterocycles. The molecule has 0 bridgehead atoms. The number of halogens is 1. The van der Waals surface area contributed by atoms with Crippen molar-refractivity contribution in [3.63, 3.8) is 0 Å². The summed E-state index contributed by atoms with van der Waals surface area (Å²) in [7, 11) is 0. The summed E-state index contributed by atoms with van der Waals surface area (Å²) in [6.45, 7) is 4.70. The Bertz CT molecular complexity index is 1060. The smallest absolute Gasteiger partial charge is 0.270 e. The van der Waals surface area contributed by atoms with Crippen LogP contribution in [0.2, 0.25) is 0 Å². The molecule has 0 radical (unpaired) electrons. The predicted octanol–water partition coefficient (Wildman–Crippen LogP) is 3.43. The van der Waals surface area contributed by atoms with Gasteiger partial charge in [-0.1, -0.05) is 19.9 Å². The van der Waals surface area contributed by atoms with Crippen LogP contribution in [0.4, 0.5) is 4.39 Å². The number of likely N-dealkylation sites (tertiary alicyclic amines) is 1. The van der Waals surface area contributed by atoms with Crippen LogP contribution < -0.4 is 0 Å². The number of nitrogens with one attached hydrogen (secondary N) is 1. The number of carbonyl (C=O) groups is 1. The van der Waals surface area contributed by atoms with Crippen LogP contribution in [-0.2, 0) is 0 Å². The molecule has 1 unspecified atom stereocenters. The Hall–Kier alpha value is -3.40. The number of benzene rings is 1. The van der Waals surface area contributed by atoms with Crippen molar-refractivity contribution in [2.45, 2.75) is 19.9 Å². The van der Waals surface area contributed by atoms with Crippen LogP contribution in [0.25, 0.3) is 5.69 Å². The third-order valence-electron chi connectivity index (χ3n) is 4.93. The number of imidazole rings is 1. The molecule has 0 saturated carbocycles. The van der Waals surface area contributed by atoms with Crippen molar-refractivity contribution >= 4 is 5.91 Å². The second-order valence-corrected chi connectivity index (χ2v) is 7.36. The van der Waals surface area contributed by atoms with Gasteiger partial charge in [-0.25, -0.2) is 9.37 Å². The summed E-state index contributed by atoms with van der Waals surface area (Å²) >= 11 is 0. The first-order valence-corrected chi connectivity index (χ1v) is 8.60. The number of nitrogens with zero attached hydrogens (tertiary/aromatic N) is 4. The van der Waals surface area contributed by atoms with E-state index in [0.717, 1.165) is 0 Å². The summed E-state index contributed by atoms with van der Waals surface area (Å²) in [6, 6.07) is 11.2. The topological polar surface area (TPSA) is 77.7 Å².